The Morgan fingerprint density at radius 1 is 1.19 bits per heavy atom. The van der Waals surface area contributed by atoms with Crippen molar-refractivity contribution in [1.29, 1.82) is 0 Å². The molecule has 0 atom stereocenters. The SMILES string of the molecule is NC(=O)Cn1c(=O)c2ccccc2n2c(=S)sc(-c3cccc(Cl)c3)c12. The number of rotatable bonds is 3. The lowest BCUT2D eigenvalue weighted by molar-refractivity contribution is -0.118. The van der Waals surface area contributed by atoms with Crippen LogP contribution in [0, 0.1) is 3.95 Å². The monoisotopic (exact) mass is 401 g/mol. The van der Waals surface area contributed by atoms with E-state index < -0.39 is 5.91 Å². The molecule has 2 N–H and O–H groups in total. The molecule has 0 saturated carbocycles. The predicted octanol–water partition coefficient (Wildman–Crippen LogP) is 3.85. The topological polar surface area (TPSA) is 69.5 Å². The second-order valence-electron chi connectivity index (χ2n) is 5.74. The number of thiazole rings is 1. The molecule has 4 aromatic rings. The fraction of sp³-hybridized carbons (Fsp3) is 0.0556. The van der Waals surface area contributed by atoms with Gasteiger partial charge in [0.25, 0.3) is 5.56 Å². The fourth-order valence-electron chi connectivity index (χ4n) is 3.03. The standard InChI is InChI=1S/C18H12ClN3O2S2/c19-11-5-3-4-10(8-11)15-16-21(9-14(20)23)17(24)12-6-1-2-7-13(12)22(16)18(25)26-15/h1-8H,9H2,(H2,20,23). The number of primary amides is 1. The highest BCUT2D eigenvalue weighted by atomic mass is 35.5. The van der Waals surface area contributed by atoms with Crippen LogP contribution in [0.1, 0.15) is 0 Å². The van der Waals surface area contributed by atoms with E-state index in [1.807, 2.05) is 28.7 Å². The maximum Gasteiger partial charge on any atom is 0.262 e. The van der Waals surface area contributed by atoms with Crippen molar-refractivity contribution in [1.82, 2.24) is 8.97 Å². The molecule has 0 spiro atoms. The van der Waals surface area contributed by atoms with E-state index in [0.29, 0.717) is 25.5 Å². The Morgan fingerprint density at radius 2 is 1.96 bits per heavy atom. The van der Waals surface area contributed by atoms with Gasteiger partial charge in [0, 0.05) is 5.02 Å². The van der Waals surface area contributed by atoms with E-state index in [-0.39, 0.29) is 12.1 Å². The van der Waals surface area contributed by atoms with Gasteiger partial charge in [-0.1, -0.05) is 35.9 Å². The summed E-state index contributed by atoms with van der Waals surface area (Å²) in [4.78, 5) is 25.4. The van der Waals surface area contributed by atoms with Gasteiger partial charge in [-0.25, -0.2) is 0 Å². The van der Waals surface area contributed by atoms with Crippen molar-refractivity contribution in [3.63, 3.8) is 0 Å². The average Bonchev–Trinajstić information content (AvgIpc) is 2.96. The molecular weight excluding hydrogens is 390 g/mol. The Balaban J connectivity index is 2.24. The van der Waals surface area contributed by atoms with E-state index in [0.717, 1.165) is 10.4 Å². The van der Waals surface area contributed by atoms with Crippen molar-refractivity contribution >= 4 is 57.6 Å². The molecule has 0 aliphatic carbocycles. The highest BCUT2D eigenvalue weighted by Crippen LogP contribution is 2.34. The summed E-state index contributed by atoms with van der Waals surface area (Å²) in [5.41, 5.74) is 7.18. The van der Waals surface area contributed by atoms with Gasteiger partial charge in [0.2, 0.25) is 5.91 Å². The molecule has 0 aliphatic heterocycles. The van der Waals surface area contributed by atoms with Gasteiger partial charge in [-0.15, -0.1) is 11.3 Å². The minimum Gasteiger partial charge on any atom is -0.368 e. The quantitative estimate of drug-likeness (QED) is 0.530. The molecule has 1 amide bonds. The third kappa shape index (κ3) is 2.65. The van der Waals surface area contributed by atoms with E-state index in [4.69, 9.17) is 29.6 Å². The Hall–Kier alpha value is -2.48. The van der Waals surface area contributed by atoms with Gasteiger partial charge in [0.1, 0.15) is 12.2 Å². The Labute approximate surface area is 161 Å². The molecule has 8 heteroatoms. The van der Waals surface area contributed by atoms with Crippen molar-refractivity contribution in [3.8, 4) is 10.4 Å². The smallest absolute Gasteiger partial charge is 0.262 e. The van der Waals surface area contributed by atoms with Gasteiger partial charge >= 0.3 is 0 Å². The second kappa shape index (κ2) is 6.35. The molecule has 0 radical (unpaired) electrons. The van der Waals surface area contributed by atoms with Crippen LogP contribution in [0.15, 0.2) is 53.3 Å². The first-order chi connectivity index (χ1) is 12.5. The minimum absolute atomic E-state index is 0.230. The summed E-state index contributed by atoms with van der Waals surface area (Å²) in [6.07, 6.45) is 0. The molecule has 5 nitrogen and oxygen atoms in total. The highest BCUT2D eigenvalue weighted by Gasteiger charge is 2.19. The predicted molar refractivity (Wildman–Crippen MR) is 108 cm³/mol. The van der Waals surface area contributed by atoms with Gasteiger partial charge in [0.05, 0.1) is 15.8 Å². The van der Waals surface area contributed by atoms with Crippen molar-refractivity contribution in [2.75, 3.05) is 0 Å². The lowest BCUT2D eigenvalue weighted by Crippen LogP contribution is -2.29. The fourth-order valence-corrected chi connectivity index (χ4v) is 4.65. The summed E-state index contributed by atoms with van der Waals surface area (Å²) in [6.45, 7) is -0.230. The van der Waals surface area contributed by atoms with Gasteiger partial charge in [0.15, 0.2) is 3.95 Å². The van der Waals surface area contributed by atoms with Crippen LogP contribution in [0.25, 0.3) is 27.0 Å². The second-order valence-corrected chi connectivity index (χ2v) is 7.82. The van der Waals surface area contributed by atoms with E-state index in [2.05, 4.69) is 0 Å². The number of aromatic nitrogens is 2. The van der Waals surface area contributed by atoms with Crippen molar-refractivity contribution in [2.45, 2.75) is 6.54 Å². The summed E-state index contributed by atoms with van der Waals surface area (Å²) in [7, 11) is 0. The molecule has 0 saturated heterocycles. The molecular formula is C18H12ClN3O2S2. The number of nitrogens with two attached hydrogens (primary N) is 1. The molecule has 0 bridgehead atoms. The van der Waals surface area contributed by atoms with Gasteiger partial charge < -0.3 is 5.73 Å². The number of benzene rings is 2. The van der Waals surface area contributed by atoms with E-state index in [1.54, 1.807) is 24.3 Å². The normalized spacial score (nSPS) is 11.3. The van der Waals surface area contributed by atoms with Crippen LogP contribution in [0.2, 0.25) is 5.02 Å². The van der Waals surface area contributed by atoms with E-state index in [9.17, 15) is 9.59 Å². The first-order valence-electron chi connectivity index (χ1n) is 7.68. The number of carbonyl (C=O) groups is 1. The van der Waals surface area contributed by atoms with Crippen molar-refractivity contribution in [3.05, 3.63) is 67.9 Å². The molecule has 0 fully saturated rings. The number of halogens is 1. The lowest BCUT2D eigenvalue weighted by Gasteiger charge is -2.12. The highest BCUT2D eigenvalue weighted by molar-refractivity contribution is 7.73. The molecule has 2 aromatic heterocycles. The Bertz CT molecular complexity index is 1300. The Kier molecular flexibility index (Phi) is 4.14. The number of fused-ring (bicyclic) bond motifs is 3. The molecule has 0 unspecified atom stereocenters. The summed E-state index contributed by atoms with van der Waals surface area (Å²) in [5, 5.41) is 1.05. The number of nitrogens with zero attached hydrogens (tertiary/aromatic N) is 2. The third-order valence-corrected chi connectivity index (χ3v) is 5.71. The molecule has 26 heavy (non-hydrogen) atoms. The van der Waals surface area contributed by atoms with Crippen LogP contribution >= 0.6 is 35.2 Å². The molecule has 2 heterocycles. The van der Waals surface area contributed by atoms with Crippen molar-refractivity contribution in [2.24, 2.45) is 5.73 Å². The van der Waals surface area contributed by atoms with E-state index >= 15 is 0 Å². The van der Waals surface area contributed by atoms with Gasteiger partial charge in [-0.05, 0) is 42.0 Å². The van der Waals surface area contributed by atoms with Gasteiger partial charge in [-0.3, -0.25) is 18.6 Å². The largest absolute Gasteiger partial charge is 0.368 e. The van der Waals surface area contributed by atoms with Crippen LogP contribution in [0.5, 0.6) is 0 Å². The van der Waals surface area contributed by atoms with Crippen LogP contribution in [0.3, 0.4) is 0 Å². The molecule has 2 aromatic carbocycles. The zero-order valence-electron chi connectivity index (χ0n) is 13.3. The number of hydrogen-bond acceptors (Lipinski definition) is 4. The van der Waals surface area contributed by atoms with Crippen molar-refractivity contribution < 1.29 is 4.79 Å². The van der Waals surface area contributed by atoms with Crippen LogP contribution in [-0.2, 0) is 11.3 Å². The average molecular weight is 402 g/mol. The third-order valence-electron chi connectivity index (χ3n) is 4.06. The van der Waals surface area contributed by atoms with E-state index in [1.165, 1.54) is 15.9 Å². The van der Waals surface area contributed by atoms with Crippen LogP contribution in [-0.4, -0.2) is 14.9 Å². The first-order valence-corrected chi connectivity index (χ1v) is 9.29. The summed E-state index contributed by atoms with van der Waals surface area (Å²) in [6, 6.07) is 14.5. The zero-order chi connectivity index (χ0) is 18.4. The number of carbonyl (C=O) groups excluding carboxylic acids is 1. The maximum absolute atomic E-state index is 13.0. The Morgan fingerprint density at radius 3 is 2.69 bits per heavy atom. The number of amides is 1. The van der Waals surface area contributed by atoms with Crippen LogP contribution in [0.4, 0.5) is 0 Å². The molecule has 130 valence electrons. The molecule has 0 aliphatic rings. The lowest BCUT2D eigenvalue weighted by atomic mass is 10.2. The summed E-state index contributed by atoms with van der Waals surface area (Å²) >= 11 is 13.1. The van der Waals surface area contributed by atoms with Crippen LogP contribution < -0.4 is 11.3 Å². The zero-order valence-corrected chi connectivity index (χ0v) is 15.7. The number of hydrogen-bond donors (Lipinski definition) is 1. The van der Waals surface area contributed by atoms with Gasteiger partial charge in [-0.2, -0.15) is 0 Å². The molecule has 4 rings (SSSR count). The summed E-state index contributed by atoms with van der Waals surface area (Å²) in [5.74, 6) is -0.599. The number of para-hydroxylation sites is 1. The first kappa shape index (κ1) is 17.0. The minimum atomic E-state index is -0.599. The summed E-state index contributed by atoms with van der Waals surface area (Å²) < 4.78 is 3.77. The maximum atomic E-state index is 13.0.